The number of hydrogen-bond donors (Lipinski definition) is 1. The molecule has 0 bridgehead atoms. The molecule has 1 saturated heterocycles. The van der Waals surface area contributed by atoms with Crippen LogP contribution in [0.2, 0.25) is 5.02 Å². The summed E-state index contributed by atoms with van der Waals surface area (Å²) >= 11 is 6.00. The van der Waals surface area contributed by atoms with E-state index in [-0.39, 0.29) is 0 Å². The molecule has 1 N–H and O–H groups in total. The lowest BCUT2D eigenvalue weighted by Crippen LogP contribution is -2.25. The van der Waals surface area contributed by atoms with E-state index in [1.165, 1.54) is 38.7 Å². The second-order valence-corrected chi connectivity index (χ2v) is 5.39. The largest absolute Gasteiger partial charge is 0.368 e. The lowest BCUT2D eigenvalue weighted by molar-refractivity contribution is 0.316. The van der Waals surface area contributed by atoms with Crippen LogP contribution in [0, 0.1) is 5.92 Å². The van der Waals surface area contributed by atoms with E-state index in [0.29, 0.717) is 5.02 Å². The van der Waals surface area contributed by atoms with Crippen molar-refractivity contribution in [3.63, 3.8) is 0 Å². The van der Waals surface area contributed by atoms with E-state index in [2.05, 4.69) is 20.2 Å². The van der Waals surface area contributed by atoms with Gasteiger partial charge in [0.2, 0.25) is 0 Å². The number of nitrogens with zero attached hydrogens (tertiary/aromatic N) is 3. The fourth-order valence-corrected chi connectivity index (χ4v) is 2.66. The van der Waals surface area contributed by atoms with Crippen molar-refractivity contribution in [2.45, 2.75) is 25.3 Å². The highest BCUT2D eigenvalue weighted by Crippen LogP contribution is 2.31. The van der Waals surface area contributed by atoms with Crippen LogP contribution in [0.4, 0.5) is 5.82 Å². The van der Waals surface area contributed by atoms with E-state index in [9.17, 15) is 0 Å². The number of halogens is 1. The maximum absolute atomic E-state index is 6.00. The van der Waals surface area contributed by atoms with Crippen molar-refractivity contribution >= 4 is 17.4 Å². The summed E-state index contributed by atoms with van der Waals surface area (Å²) in [6.07, 6.45) is 7.24. The van der Waals surface area contributed by atoms with Gasteiger partial charge in [-0.15, -0.1) is 0 Å². The van der Waals surface area contributed by atoms with Crippen LogP contribution in [-0.4, -0.2) is 40.5 Å². The van der Waals surface area contributed by atoms with Gasteiger partial charge in [-0.2, -0.15) is 0 Å². The summed E-state index contributed by atoms with van der Waals surface area (Å²) in [4.78, 5) is 10.6. The van der Waals surface area contributed by atoms with Crippen molar-refractivity contribution in [2.24, 2.45) is 5.92 Å². The molecule has 2 heterocycles. The van der Waals surface area contributed by atoms with Crippen molar-refractivity contribution in [1.82, 2.24) is 14.9 Å². The van der Waals surface area contributed by atoms with Crippen molar-refractivity contribution in [3.8, 4) is 0 Å². The first-order valence-corrected chi connectivity index (χ1v) is 6.64. The molecule has 0 spiro atoms. The van der Waals surface area contributed by atoms with Crippen LogP contribution in [0.1, 0.15) is 19.3 Å². The Labute approximate surface area is 106 Å². The van der Waals surface area contributed by atoms with E-state index in [1.54, 1.807) is 6.20 Å². The topological polar surface area (TPSA) is 41.1 Å². The zero-order valence-electron chi connectivity index (χ0n) is 9.77. The van der Waals surface area contributed by atoms with Gasteiger partial charge in [-0.05, 0) is 31.7 Å². The second-order valence-electron chi connectivity index (χ2n) is 4.98. The van der Waals surface area contributed by atoms with Crippen LogP contribution in [0.5, 0.6) is 0 Å². The zero-order chi connectivity index (χ0) is 11.7. The molecule has 3 rings (SSSR count). The minimum absolute atomic E-state index is 0.601. The standard InChI is InChI=1S/C12H17ClN4/c13-11-6-14-8-16-12(11)15-5-9-3-4-17(7-9)10-1-2-10/h6,8-10H,1-5,7H2,(H,14,15,16). The van der Waals surface area contributed by atoms with Gasteiger partial charge in [0, 0.05) is 19.1 Å². The Balaban J connectivity index is 1.50. The van der Waals surface area contributed by atoms with Gasteiger partial charge < -0.3 is 10.2 Å². The first-order chi connectivity index (χ1) is 8.33. The maximum Gasteiger partial charge on any atom is 0.148 e. The molecule has 1 aromatic heterocycles. The van der Waals surface area contributed by atoms with Crippen molar-refractivity contribution < 1.29 is 0 Å². The third-order valence-electron chi connectivity index (χ3n) is 3.61. The molecule has 92 valence electrons. The lowest BCUT2D eigenvalue weighted by Gasteiger charge is -2.15. The number of likely N-dealkylation sites (tertiary alicyclic amines) is 1. The quantitative estimate of drug-likeness (QED) is 0.890. The summed E-state index contributed by atoms with van der Waals surface area (Å²) in [5.74, 6) is 1.48. The molecule has 2 aliphatic rings. The summed E-state index contributed by atoms with van der Waals surface area (Å²) in [6, 6.07) is 0.891. The zero-order valence-corrected chi connectivity index (χ0v) is 10.5. The molecular weight excluding hydrogens is 236 g/mol. The van der Waals surface area contributed by atoms with E-state index in [4.69, 9.17) is 11.6 Å². The average Bonchev–Trinajstić information content (AvgIpc) is 3.08. The number of aromatic nitrogens is 2. The van der Waals surface area contributed by atoms with Crippen LogP contribution < -0.4 is 5.32 Å². The molecule has 1 saturated carbocycles. The van der Waals surface area contributed by atoms with Crippen LogP contribution in [0.3, 0.4) is 0 Å². The summed E-state index contributed by atoms with van der Waals surface area (Å²) < 4.78 is 0. The Morgan fingerprint density at radius 2 is 2.29 bits per heavy atom. The summed E-state index contributed by atoms with van der Waals surface area (Å²) in [7, 11) is 0. The normalized spacial score (nSPS) is 25.1. The lowest BCUT2D eigenvalue weighted by atomic mass is 10.1. The smallest absolute Gasteiger partial charge is 0.148 e. The Morgan fingerprint density at radius 1 is 1.41 bits per heavy atom. The summed E-state index contributed by atoms with van der Waals surface area (Å²) in [5, 5.41) is 3.93. The maximum atomic E-state index is 6.00. The Bertz CT molecular complexity index is 394. The minimum Gasteiger partial charge on any atom is -0.368 e. The van der Waals surface area contributed by atoms with Gasteiger partial charge in [-0.1, -0.05) is 11.6 Å². The van der Waals surface area contributed by atoms with Gasteiger partial charge in [-0.25, -0.2) is 9.97 Å². The molecular formula is C12H17ClN4. The van der Waals surface area contributed by atoms with Gasteiger partial charge in [-0.3, -0.25) is 0 Å². The first-order valence-electron chi connectivity index (χ1n) is 6.26. The highest BCUT2D eigenvalue weighted by molar-refractivity contribution is 6.32. The Hall–Kier alpha value is -0.870. The number of anilines is 1. The molecule has 17 heavy (non-hydrogen) atoms. The molecule has 2 fully saturated rings. The predicted octanol–water partition coefficient (Wildman–Crippen LogP) is 2.03. The third-order valence-corrected chi connectivity index (χ3v) is 3.88. The first kappa shape index (κ1) is 11.2. The van der Waals surface area contributed by atoms with Crippen LogP contribution >= 0.6 is 11.6 Å². The minimum atomic E-state index is 0.601. The highest BCUT2D eigenvalue weighted by atomic mass is 35.5. The molecule has 1 unspecified atom stereocenters. The summed E-state index contributed by atoms with van der Waals surface area (Å²) in [6.45, 7) is 3.44. The summed E-state index contributed by atoms with van der Waals surface area (Å²) in [5.41, 5.74) is 0. The number of rotatable bonds is 4. The molecule has 1 aliphatic heterocycles. The molecule has 5 heteroatoms. The fourth-order valence-electron chi connectivity index (χ4n) is 2.48. The molecule has 1 aliphatic carbocycles. The molecule has 1 atom stereocenters. The number of nitrogens with one attached hydrogen (secondary N) is 1. The van der Waals surface area contributed by atoms with Crippen LogP contribution in [-0.2, 0) is 0 Å². The van der Waals surface area contributed by atoms with Crippen molar-refractivity contribution in [3.05, 3.63) is 17.5 Å². The number of hydrogen-bond acceptors (Lipinski definition) is 4. The van der Waals surface area contributed by atoms with Gasteiger partial charge in [0.15, 0.2) is 0 Å². The van der Waals surface area contributed by atoms with E-state index < -0.39 is 0 Å². The van der Waals surface area contributed by atoms with Crippen molar-refractivity contribution in [1.29, 1.82) is 0 Å². The SMILES string of the molecule is Clc1cncnc1NCC1CCN(C2CC2)C1. The van der Waals surface area contributed by atoms with E-state index in [1.807, 2.05) is 0 Å². The van der Waals surface area contributed by atoms with E-state index >= 15 is 0 Å². The second kappa shape index (κ2) is 4.78. The molecule has 1 aromatic rings. The molecule has 0 aromatic carbocycles. The monoisotopic (exact) mass is 252 g/mol. The Morgan fingerprint density at radius 3 is 3.06 bits per heavy atom. The van der Waals surface area contributed by atoms with Gasteiger partial charge >= 0.3 is 0 Å². The third kappa shape index (κ3) is 2.69. The highest BCUT2D eigenvalue weighted by Gasteiger charge is 2.34. The van der Waals surface area contributed by atoms with Crippen LogP contribution in [0.25, 0.3) is 0 Å². The van der Waals surface area contributed by atoms with Gasteiger partial charge in [0.1, 0.15) is 17.2 Å². The van der Waals surface area contributed by atoms with E-state index in [0.717, 1.165) is 24.3 Å². The molecule has 0 amide bonds. The fraction of sp³-hybridized carbons (Fsp3) is 0.667. The molecule has 4 nitrogen and oxygen atoms in total. The average molecular weight is 253 g/mol. The Kier molecular flexibility index (Phi) is 3.16. The predicted molar refractivity (Wildman–Crippen MR) is 68.2 cm³/mol. The van der Waals surface area contributed by atoms with Crippen LogP contribution in [0.15, 0.2) is 12.5 Å². The van der Waals surface area contributed by atoms with Gasteiger partial charge in [0.25, 0.3) is 0 Å². The van der Waals surface area contributed by atoms with Gasteiger partial charge in [0.05, 0.1) is 6.20 Å². The van der Waals surface area contributed by atoms with Crippen molar-refractivity contribution in [2.75, 3.05) is 25.0 Å². The molecule has 0 radical (unpaired) electrons.